The van der Waals surface area contributed by atoms with Crippen molar-refractivity contribution < 1.29 is 23.8 Å². The van der Waals surface area contributed by atoms with Gasteiger partial charge in [0.2, 0.25) is 0 Å². The van der Waals surface area contributed by atoms with Crippen molar-refractivity contribution in [1.82, 2.24) is 15.5 Å². The molecule has 0 aliphatic carbocycles. The Kier molecular flexibility index (Phi) is 8.53. The highest BCUT2D eigenvalue weighted by Crippen LogP contribution is 2.34. The lowest BCUT2D eigenvalue weighted by atomic mass is 9.94. The molecular formula is C28H34N4O5S. The first kappa shape index (κ1) is 27.4. The number of nitrogens with zero attached hydrogens (tertiary/aromatic N) is 1. The van der Waals surface area contributed by atoms with Crippen LogP contribution in [-0.4, -0.2) is 60.8 Å². The first-order valence-electron chi connectivity index (χ1n) is 12.5. The van der Waals surface area contributed by atoms with E-state index in [-0.39, 0.29) is 30.6 Å². The number of anilines is 1. The fraction of sp³-hybridized carbons (Fsp3) is 0.393. The number of allylic oxidation sites excluding steroid dienone is 1. The Morgan fingerprint density at radius 2 is 1.76 bits per heavy atom. The largest absolute Gasteiger partial charge is 0.493 e. The molecule has 0 unspecified atom stereocenters. The van der Waals surface area contributed by atoms with E-state index in [1.165, 1.54) is 7.11 Å². The quantitative estimate of drug-likeness (QED) is 0.461. The van der Waals surface area contributed by atoms with Crippen molar-refractivity contribution in [3.63, 3.8) is 0 Å². The van der Waals surface area contributed by atoms with Crippen LogP contribution in [0.2, 0.25) is 0 Å². The second-order valence-corrected chi connectivity index (χ2v) is 10.1. The summed E-state index contributed by atoms with van der Waals surface area (Å²) in [5, 5.41) is 9.62. The molecule has 2 heterocycles. The number of amides is 2. The fourth-order valence-corrected chi connectivity index (χ4v) is 4.95. The molecule has 0 saturated carbocycles. The molecule has 2 aliphatic heterocycles. The Bertz CT molecular complexity index is 1240. The van der Waals surface area contributed by atoms with E-state index in [1.54, 1.807) is 17.0 Å². The van der Waals surface area contributed by atoms with Gasteiger partial charge in [0, 0.05) is 24.5 Å². The van der Waals surface area contributed by atoms with Gasteiger partial charge in [-0.05, 0) is 69.7 Å². The molecule has 10 heteroatoms. The maximum atomic E-state index is 13.3. The van der Waals surface area contributed by atoms with E-state index in [2.05, 4.69) is 16.0 Å². The third-order valence-corrected chi connectivity index (χ3v) is 6.69. The van der Waals surface area contributed by atoms with Crippen LogP contribution in [0.15, 0.2) is 53.7 Å². The van der Waals surface area contributed by atoms with E-state index >= 15 is 0 Å². The number of methoxy groups -OCH3 is 1. The predicted molar refractivity (Wildman–Crippen MR) is 149 cm³/mol. The van der Waals surface area contributed by atoms with Gasteiger partial charge in [0.15, 0.2) is 23.2 Å². The lowest BCUT2D eigenvalue weighted by molar-refractivity contribution is -0.145. The fourth-order valence-electron chi connectivity index (χ4n) is 4.68. The van der Waals surface area contributed by atoms with Gasteiger partial charge in [0.1, 0.15) is 0 Å². The monoisotopic (exact) mass is 538 g/mol. The van der Waals surface area contributed by atoms with Gasteiger partial charge in [-0.15, -0.1) is 0 Å². The summed E-state index contributed by atoms with van der Waals surface area (Å²) in [5.41, 5.74) is 3.71. The number of carbonyl (C=O) groups is 2. The molecule has 0 aromatic heterocycles. The summed E-state index contributed by atoms with van der Waals surface area (Å²) in [4.78, 5) is 27.9. The normalized spacial score (nSPS) is 21.3. The summed E-state index contributed by atoms with van der Waals surface area (Å²) >= 11 is 5.38. The van der Waals surface area contributed by atoms with Crippen LogP contribution in [0, 0.1) is 6.92 Å². The minimum atomic E-state index is -0.518. The van der Waals surface area contributed by atoms with Crippen molar-refractivity contribution in [2.45, 2.75) is 45.9 Å². The van der Waals surface area contributed by atoms with Crippen molar-refractivity contribution in [3.8, 4) is 11.5 Å². The highest BCUT2D eigenvalue weighted by Gasteiger charge is 2.31. The van der Waals surface area contributed by atoms with Crippen molar-refractivity contribution in [2.24, 2.45) is 0 Å². The predicted octanol–water partition coefficient (Wildman–Crippen LogP) is 3.45. The Morgan fingerprint density at radius 1 is 1.08 bits per heavy atom. The molecule has 2 aliphatic rings. The first-order chi connectivity index (χ1) is 18.1. The molecule has 9 nitrogen and oxygen atoms in total. The number of morpholine rings is 1. The second kappa shape index (κ2) is 11.8. The topological polar surface area (TPSA) is 101 Å². The van der Waals surface area contributed by atoms with Gasteiger partial charge >= 0.3 is 0 Å². The molecule has 2 aromatic rings. The third kappa shape index (κ3) is 6.43. The molecule has 1 saturated heterocycles. The Morgan fingerprint density at radius 3 is 2.42 bits per heavy atom. The molecule has 2 amide bonds. The van der Waals surface area contributed by atoms with E-state index < -0.39 is 6.04 Å². The maximum absolute atomic E-state index is 13.3. The van der Waals surface area contributed by atoms with Crippen molar-refractivity contribution >= 4 is 34.8 Å². The number of benzene rings is 2. The van der Waals surface area contributed by atoms with Gasteiger partial charge in [-0.3, -0.25) is 9.59 Å². The number of hydrogen-bond donors (Lipinski definition) is 3. The number of ether oxygens (including phenoxy) is 3. The number of nitrogens with one attached hydrogen (secondary N) is 3. The zero-order valence-corrected chi connectivity index (χ0v) is 23.1. The minimum absolute atomic E-state index is 0.0194. The summed E-state index contributed by atoms with van der Waals surface area (Å²) in [6.45, 7) is 8.65. The van der Waals surface area contributed by atoms with Gasteiger partial charge in [-0.25, -0.2) is 0 Å². The third-order valence-electron chi connectivity index (χ3n) is 6.47. The molecule has 0 bridgehead atoms. The molecular weight excluding hydrogens is 504 g/mol. The highest BCUT2D eigenvalue weighted by molar-refractivity contribution is 7.80. The average molecular weight is 539 g/mol. The van der Waals surface area contributed by atoms with Crippen LogP contribution in [0.1, 0.15) is 37.9 Å². The lowest BCUT2D eigenvalue weighted by Crippen LogP contribution is -2.49. The molecule has 38 heavy (non-hydrogen) atoms. The Labute approximate surface area is 228 Å². The molecule has 1 fully saturated rings. The van der Waals surface area contributed by atoms with Crippen LogP contribution < -0.4 is 25.4 Å². The Balaban J connectivity index is 1.52. The van der Waals surface area contributed by atoms with Crippen LogP contribution in [0.4, 0.5) is 5.69 Å². The van der Waals surface area contributed by atoms with Gasteiger partial charge in [-0.2, -0.15) is 0 Å². The zero-order valence-electron chi connectivity index (χ0n) is 22.3. The summed E-state index contributed by atoms with van der Waals surface area (Å²) in [6.07, 6.45) is -0.0389. The summed E-state index contributed by atoms with van der Waals surface area (Å²) in [5.74, 6) is 0.512. The van der Waals surface area contributed by atoms with Crippen molar-refractivity contribution in [1.29, 1.82) is 0 Å². The zero-order chi connectivity index (χ0) is 27.4. The molecule has 202 valence electrons. The van der Waals surface area contributed by atoms with Crippen LogP contribution in [0.5, 0.6) is 11.5 Å². The number of thiocarbonyl (C=S) groups is 1. The maximum Gasteiger partial charge on any atom is 0.260 e. The smallest absolute Gasteiger partial charge is 0.260 e. The van der Waals surface area contributed by atoms with Crippen LogP contribution in [0.25, 0.3) is 0 Å². The van der Waals surface area contributed by atoms with E-state index in [0.717, 1.165) is 11.1 Å². The molecule has 2 aromatic carbocycles. The Hall–Kier alpha value is -3.63. The first-order valence-corrected chi connectivity index (χ1v) is 13.0. The van der Waals surface area contributed by atoms with Crippen LogP contribution in [0.3, 0.4) is 0 Å². The van der Waals surface area contributed by atoms with E-state index in [1.807, 2.05) is 58.0 Å². The lowest BCUT2D eigenvalue weighted by Gasteiger charge is -2.35. The number of carbonyl (C=O) groups excluding carboxylic acids is 2. The van der Waals surface area contributed by atoms with Crippen molar-refractivity contribution in [3.05, 3.63) is 64.9 Å². The number of rotatable bonds is 7. The van der Waals surface area contributed by atoms with Crippen molar-refractivity contribution in [2.75, 3.05) is 32.1 Å². The molecule has 0 spiro atoms. The summed E-state index contributed by atoms with van der Waals surface area (Å²) in [6, 6.07) is 12.4. The SMILES string of the molecule is COc1cc([C@H]2NC(=S)NC(C)=C2C(=O)Nc2ccc(C)cc2)ccc1OCC(=O)N1C[C@@H](C)O[C@H](C)C1. The second-order valence-electron chi connectivity index (χ2n) is 9.65. The van der Waals surface area contributed by atoms with Crippen LogP contribution in [-0.2, 0) is 14.3 Å². The van der Waals surface area contributed by atoms with Gasteiger partial charge < -0.3 is 35.1 Å². The molecule has 4 rings (SSSR count). The van der Waals surface area contributed by atoms with E-state index in [0.29, 0.717) is 46.7 Å². The average Bonchev–Trinajstić information content (AvgIpc) is 2.87. The van der Waals surface area contributed by atoms with Gasteiger partial charge in [0.25, 0.3) is 11.8 Å². The minimum Gasteiger partial charge on any atom is -0.493 e. The highest BCUT2D eigenvalue weighted by atomic mass is 32.1. The molecule has 3 atom stereocenters. The summed E-state index contributed by atoms with van der Waals surface area (Å²) in [7, 11) is 1.53. The molecule has 0 radical (unpaired) electrons. The van der Waals surface area contributed by atoms with Crippen LogP contribution >= 0.6 is 12.2 Å². The van der Waals surface area contributed by atoms with E-state index in [4.69, 9.17) is 26.4 Å². The standard InChI is InChI=1S/C28H34N4O5S/c1-16-6-9-21(10-7-16)30-27(34)25-19(4)29-28(38)31-26(25)20-8-11-22(23(12-20)35-5)36-15-24(33)32-13-17(2)37-18(3)14-32/h6-12,17-18,26H,13-15H2,1-5H3,(H,30,34)(H2,29,31,38)/t17-,18-,26-/m1/s1. The van der Waals surface area contributed by atoms with Gasteiger partial charge in [0.05, 0.1) is 30.9 Å². The molecule has 3 N–H and O–H groups in total. The number of aryl methyl sites for hydroxylation is 1. The summed E-state index contributed by atoms with van der Waals surface area (Å²) < 4.78 is 17.1. The van der Waals surface area contributed by atoms with Gasteiger partial charge in [-0.1, -0.05) is 23.8 Å². The number of hydrogen-bond acceptors (Lipinski definition) is 6. The van der Waals surface area contributed by atoms with E-state index in [9.17, 15) is 9.59 Å².